The molecule has 2 atom stereocenters. The van der Waals surface area contributed by atoms with Gasteiger partial charge in [-0.2, -0.15) is 5.10 Å². The van der Waals surface area contributed by atoms with Gasteiger partial charge in [0.15, 0.2) is 0 Å². The highest BCUT2D eigenvalue weighted by atomic mass is 35.5. The van der Waals surface area contributed by atoms with Crippen LogP contribution in [-0.4, -0.2) is 23.7 Å². The molecule has 6 rings (SSSR count). The fraction of sp³-hybridized carbons (Fsp3) is 0.156. The maximum absolute atomic E-state index is 14.7. The molecule has 38 heavy (non-hydrogen) atoms. The van der Waals surface area contributed by atoms with Gasteiger partial charge in [-0.1, -0.05) is 83.9 Å². The zero-order valence-electron chi connectivity index (χ0n) is 20.6. The number of fused-ring (bicyclic) bond motifs is 1. The molecule has 2 unspecified atom stereocenters. The zero-order chi connectivity index (χ0) is 26.1. The Morgan fingerprint density at radius 1 is 0.816 bits per heavy atom. The van der Waals surface area contributed by atoms with Gasteiger partial charge in [0, 0.05) is 41.2 Å². The van der Waals surface area contributed by atoms with Crippen molar-refractivity contribution in [2.75, 3.05) is 18.1 Å². The Bertz CT molecular complexity index is 1480. The first-order valence-corrected chi connectivity index (χ1v) is 13.4. The first-order valence-electron chi connectivity index (χ1n) is 12.7. The number of para-hydroxylation sites is 1. The van der Waals surface area contributed by atoms with Crippen LogP contribution in [0.15, 0.2) is 114 Å². The lowest BCUT2D eigenvalue weighted by molar-refractivity contribution is 0.242. The Hall–Kier alpha value is -3.44. The smallest absolute Gasteiger partial charge is 0.127 e. The number of nitrogens with zero attached hydrogens (tertiary/aromatic N) is 3. The van der Waals surface area contributed by atoms with Gasteiger partial charge in [-0.15, -0.1) is 0 Å². The molecule has 4 aromatic rings. The van der Waals surface area contributed by atoms with Crippen LogP contribution >= 0.6 is 23.2 Å². The van der Waals surface area contributed by atoms with Gasteiger partial charge in [-0.3, -0.25) is 9.91 Å². The molecule has 2 aliphatic heterocycles. The minimum atomic E-state index is -0.179. The van der Waals surface area contributed by atoms with E-state index in [1.807, 2.05) is 66.7 Å². The monoisotopic (exact) mass is 541 g/mol. The number of halogens is 3. The predicted octanol–water partition coefficient (Wildman–Crippen LogP) is 8.27. The van der Waals surface area contributed by atoms with Crippen molar-refractivity contribution in [3.8, 4) is 0 Å². The normalized spacial score (nSPS) is 20.4. The van der Waals surface area contributed by atoms with Crippen LogP contribution in [0.25, 0.3) is 6.08 Å². The lowest BCUT2D eigenvalue weighted by Crippen LogP contribution is -2.43. The zero-order valence-corrected chi connectivity index (χ0v) is 22.2. The first kappa shape index (κ1) is 24.9. The van der Waals surface area contributed by atoms with Gasteiger partial charge in [-0.05, 0) is 65.2 Å². The van der Waals surface area contributed by atoms with Crippen LogP contribution in [0.3, 0.4) is 0 Å². The maximum atomic E-state index is 14.7. The van der Waals surface area contributed by atoms with Crippen molar-refractivity contribution in [2.45, 2.75) is 12.6 Å². The summed E-state index contributed by atoms with van der Waals surface area (Å²) in [6.07, 6.45) is 2.18. The Balaban J connectivity index is 1.45. The summed E-state index contributed by atoms with van der Waals surface area (Å²) in [4.78, 5) is 2.32. The lowest BCUT2D eigenvalue weighted by atomic mass is 9.82. The number of rotatable bonds is 5. The number of piperidine rings is 1. The SMILES string of the molecule is Fc1ccccc1CN1CC(=Cc2ccc(Cl)cc2)C2=NN(c3ccccc3)C(c3ccc(Cl)cc3)C2C1. The molecule has 1 fully saturated rings. The van der Waals surface area contributed by atoms with Crippen molar-refractivity contribution in [1.82, 2.24) is 4.90 Å². The molecule has 6 heteroatoms. The third-order valence-corrected chi connectivity index (χ3v) is 7.69. The molecular weight excluding hydrogens is 516 g/mol. The van der Waals surface area contributed by atoms with Crippen molar-refractivity contribution in [2.24, 2.45) is 11.0 Å². The third-order valence-electron chi connectivity index (χ3n) is 7.18. The molecule has 1 saturated heterocycles. The largest absolute Gasteiger partial charge is 0.294 e. The molecular formula is C32H26Cl2FN3. The summed E-state index contributed by atoms with van der Waals surface area (Å²) >= 11 is 12.4. The van der Waals surface area contributed by atoms with Gasteiger partial charge in [0.1, 0.15) is 5.82 Å². The fourth-order valence-electron chi connectivity index (χ4n) is 5.43. The second-order valence-electron chi connectivity index (χ2n) is 9.75. The van der Waals surface area contributed by atoms with Crippen LogP contribution in [0.2, 0.25) is 10.0 Å². The second kappa shape index (κ2) is 10.7. The average molecular weight is 542 g/mol. The summed E-state index contributed by atoms with van der Waals surface area (Å²) in [6, 6.07) is 33.1. The Labute approximate surface area is 232 Å². The molecule has 2 heterocycles. The van der Waals surface area contributed by atoms with Crippen LogP contribution < -0.4 is 5.01 Å². The minimum absolute atomic E-state index is 0.0262. The molecule has 0 saturated carbocycles. The van der Waals surface area contributed by atoms with Crippen molar-refractivity contribution in [3.05, 3.63) is 141 Å². The van der Waals surface area contributed by atoms with Crippen LogP contribution in [0.4, 0.5) is 10.1 Å². The highest BCUT2D eigenvalue weighted by molar-refractivity contribution is 6.30. The molecule has 190 valence electrons. The number of hydrogen-bond donors (Lipinski definition) is 0. The van der Waals surface area contributed by atoms with Gasteiger partial charge in [-0.25, -0.2) is 4.39 Å². The molecule has 0 radical (unpaired) electrons. The van der Waals surface area contributed by atoms with Gasteiger partial charge in [0.25, 0.3) is 0 Å². The fourth-order valence-corrected chi connectivity index (χ4v) is 5.68. The van der Waals surface area contributed by atoms with E-state index in [1.54, 1.807) is 6.07 Å². The summed E-state index contributed by atoms with van der Waals surface area (Å²) in [5, 5.41) is 8.77. The van der Waals surface area contributed by atoms with E-state index < -0.39 is 0 Å². The van der Waals surface area contributed by atoms with E-state index in [0.29, 0.717) is 28.7 Å². The van der Waals surface area contributed by atoms with E-state index in [-0.39, 0.29) is 17.8 Å². The predicted molar refractivity (Wildman–Crippen MR) is 155 cm³/mol. The minimum Gasteiger partial charge on any atom is -0.294 e. The van der Waals surface area contributed by atoms with Crippen LogP contribution in [0.1, 0.15) is 22.7 Å². The number of hydrazone groups is 1. The quantitative estimate of drug-likeness (QED) is 0.253. The van der Waals surface area contributed by atoms with Crippen molar-refractivity contribution in [1.29, 1.82) is 0 Å². The molecule has 0 aliphatic carbocycles. The molecule has 3 nitrogen and oxygen atoms in total. The average Bonchev–Trinajstić information content (AvgIpc) is 3.32. The molecule has 0 aromatic heterocycles. The summed E-state index contributed by atoms with van der Waals surface area (Å²) in [5.41, 5.74) is 6.10. The topological polar surface area (TPSA) is 18.8 Å². The van der Waals surface area contributed by atoms with Crippen LogP contribution in [0.5, 0.6) is 0 Å². The lowest BCUT2D eigenvalue weighted by Gasteiger charge is -2.36. The van der Waals surface area contributed by atoms with E-state index >= 15 is 0 Å². The number of benzene rings is 4. The van der Waals surface area contributed by atoms with Crippen molar-refractivity contribution < 1.29 is 4.39 Å². The standard InChI is InChI=1S/C32H26Cl2FN3/c33-26-14-10-22(11-15-26)18-25-20-37(19-24-6-4-5-9-30(24)35)21-29-31(25)36-38(28-7-2-1-3-8-28)32(29)23-12-16-27(34)17-13-23/h1-18,29,32H,19-21H2. The Morgan fingerprint density at radius 2 is 1.47 bits per heavy atom. The van der Waals surface area contributed by atoms with Crippen LogP contribution in [0, 0.1) is 11.7 Å². The second-order valence-corrected chi connectivity index (χ2v) is 10.6. The molecule has 0 amide bonds. The van der Waals surface area contributed by atoms with E-state index in [1.165, 1.54) is 6.07 Å². The number of anilines is 1. The molecule has 0 N–H and O–H groups in total. The summed E-state index contributed by atoms with van der Waals surface area (Å²) in [7, 11) is 0. The Morgan fingerprint density at radius 3 is 2.18 bits per heavy atom. The summed E-state index contributed by atoms with van der Waals surface area (Å²) in [5.74, 6) is -0.0998. The molecule has 0 bridgehead atoms. The van der Waals surface area contributed by atoms with E-state index in [2.05, 4.69) is 40.3 Å². The van der Waals surface area contributed by atoms with Crippen molar-refractivity contribution >= 4 is 40.7 Å². The highest BCUT2D eigenvalue weighted by Crippen LogP contribution is 2.43. The molecule has 2 aliphatic rings. The number of hydrogen-bond acceptors (Lipinski definition) is 3. The first-order chi connectivity index (χ1) is 18.5. The van der Waals surface area contributed by atoms with Gasteiger partial charge < -0.3 is 0 Å². The van der Waals surface area contributed by atoms with Crippen molar-refractivity contribution in [3.63, 3.8) is 0 Å². The summed E-state index contributed by atoms with van der Waals surface area (Å²) < 4.78 is 14.7. The molecule has 4 aromatic carbocycles. The van der Waals surface area contributed by atoms with Gasteiger partial charge in [0.2, 0.25) is 0 Å². The maximum Gasteiger partial charge on any atom is 0.127 e. The van der Waals surface area contributed by atoms with E-state index in [4.69, 9.17) is 28.3 Å². The third kappa shape index (κ3) is 5.12. The van der Waals surface area contributed by atoms with E-state index in [0.717, 1.165) is 34.6 Å². The molecule has 0 spiro atoms. The Kier molecular flexibility index (Phi) is 7.03. The summed E-state index contributed by atoms with van der Waals surface area (Å²) in [6.45, 7) is 1.94. The number of likely N-dealkylation sites (tertiary alicyclic amines) is 1. The van der Waals surface area contributed by atoms with Crippen LogP contribution in [-0.2, 0) is 6.54 Å². The van der Waals surface area contributed by atoms with Gasteiger partial charge in [0.05, 0.1) is 17.4 Å². The van der Waals surface area contributed by atoms with E-state index in [9.17, 15) is 4.39 Å². The van der Waals surface area contributed by atoms with Gasteiger partial charge >= 0.3 is 0 Å². The highest BCUT2D eigenvalue weighted by Gasteiger charge is 2.44.